The molecule has 6 heteroatoms. The van der Waals surface area contributed by atoms with E-state index in [2.05, 4.69) is 17.0 Å². The fraction of sp³-hybridized carbons (Fsp3) is 0. The molecule has 2 aromatic heterocycles. The number of para-hydroxylation sites is 1. The van der Waals surface area contributed by atoms with Gasteiger partial charge in [-0.05, 0) is 41.5 Å². The van der Waals surface area contributed by atoms with Crippen LogP contribution in [-0.4, -0.2) is 15.0 Å². The molecule has 220 valence electrons. The Morgan fingerprint density at radius 2 is 1.06 bits per heavy atom. The van der Waals surface area contributed by atoms with Crippen LogP contribution in [-0.2, 0) is 0 Å². The third kappa shape index (κ3) is 4.68. The lowest BCUT2D eigenvalue weighted by Crippen LogP contribution is -1.99. The van der Waals surface area contributed by atoms with Crippen molar-refractivity contribution in [2.45, 2.75) is 0 Å². The fourth-order valence-corrected chi connectivity index (χ4v) is 6.37. The van der Waals surface area contributed by atoms with E-state index in [-0.39, 0.29) is 0 Å². The van der Waals surface area contributed by atoms with E-state index in [1.807, 2.05) is 115 Å². The van der Waals surface area contributed by atoms with Gasteiger partial charge in [0.2, 0.25) is 0 Å². The summed E-state index contributed by atoms with van der Waals surface area (Å²) in [4.78, 5) is 19.8. The molecule has 6 aromatic carbocycles. The number of hydrogen-bond donors (Lipinski definition) is 0. The van der Waals surface area contributed by atoms with Gasteiger partial charge in [-0.3, -0.25) is 0 Å². The van der Waals surface area contributed by atoms with Crippen molar-refractivity contribution in [3.63, 3.8) is 0 Å². The molecule has 48 heavy (non-hydrogen) atoms. The zero-order chi connectivity index (χ0) is 32.6. The molecule has 0 N–H and O–H groups in total. The van der Waals surface area contributed by atoms with Crippen molar-refractivity contribution in [3.8, 4) is 57.0 Å². The monoisotopic (exact) mass is 610 g/mol. The van der Waals surface area contributed by atoms with Crippen molar-refractivity contribution in [2.75, 3.05) is 0 Å². The number of aromatic nitrogens is 3. The standard InChI is InChI=1S/C42H22N6/c1-45-35-23-36-42(48-40(29-14-6-3-7-15-29)39(47-36)28-12-4-2-5-13-28)37-33-18-10-11-19-34(33)46-41(38(35)37)32-17-9-8-16-31(32)30-21-26(24-43)20-27(22-30)25-44/h2-23H. The molecule has 0 saturated carbocycles. The van der Waals surface area contributed by atoms with Gasteiger partial charge in [-0.1, -0.05) is 103 Å². The number of rotatable bonds is 4. The van der Waals surface area contributed by atoms with Gasteiger partial charge >= 0.3 is 0 Å². The van der Waals surface area contributed by atoms with Gasteiger partial charge in [0.15, 0.2) is 5.69 Å². The molecular formula is C42H22N6. The highest BCUT2D eigenvalue weighted by Crippen LogP contribution is 2.45. The normalized spacial score (nSPS) is 10.9. The number of pyridine rings is 1. The van der Waals surface area contributed by atoms with Gasteiger partial charge in [0, 0.05) is 32.8 Å². The molecule has 0 unspecified atom stereocenters. The van der Waals surface area contributed by atoms with E-state index in [1.165, 1.54) is 0 Å². The molecule has 6 nitrogen and oxygen atoms in total. The first-order valence-electron chi connectivity index (χ1n) is 15.3. The zero-order valence-electron chi connectivity index (χ0n) is 25.4. The van der Waals surface area contributed by atoms with Crippen LogP contribution in [0, 0.1) is 29.2 Å². The van der Waals surface area contributed by atoms with Crippen LogP contribution in [0.4, 0.5) is 5.69 Å². The Labute approximate surface area is 276 Å². The van der Waals surface area contributed by atoms with E-state index in [0.717, 1.165) is 49.9 Å². The Balaban J connectivity index is 1.53. The van der Waals surface area contributed by atoms with Crippen molar-refractivity contribution >= 4 is 38.4 Å². The van der Waals surface area contributed by atoms with Crippen molar-refractivity contribution in [3.05, 3.63) is 156 Å². The van der Waals surface area contributed by atoms with Gasteiger partial charge in [-0.25, -0.2) is 19.8 Å². The lowest BCUT2D eigenvalue weighted by Gasteiger charge is -2.18. The minimum Gasteiger partial charge on any atom is -0.248 e. The van der Waals surface area contributed by atoms with Crippen LogP contribution >= 0.6 is 0 Å². The van der Waals surface area contributed by atoms with Gasteiger partial charge in [-0.15, -0.1) is 0 Å². The lowest BCUT2D eigenvalue weighted by atomic mass is 9.91. The van der Waals surface area contributed by atoms with Gasteiger partial charge in [0.25, 0.3) is 0 Å². The smallest absolute Gasteiger partial charge is 0.199 e. The first-order valence-corrected chi connectivity index (χ1v) is 15.3. The topological polar surface area (TPSA) is 90.6 Å². The van der Waals surface area contributed by atoms with E-state index in [9.17, 15) is 10.5 Å². The summed E-state index contributed by atoms with van der Waals surface area (Å²) in [6.07, 6.45) is 0. The van der Waals surface area contributed by atoms with E-state index in [1.54, 1.807) is 18.2 Å². The maximum atomic E-state index is 9.72. The number of fused-ring (bicyclic) bond motifs is 5. The molecule has 0 saturated heterocycles. The molecule has 0 spiro atoms. The van der Waals surface area contributed by atoms with Gasteiger partial charge in [0.05, 0.1) is 63.5 Å². The molecule has 0 amide bonds. The molecule has 0 fully saturated rings. The summed E-state index contributed by atoms with van der Waals surface area (Å²) in [7, 11) is 0. The van der Waals surface area contributed by atoms with Gasteiger partial charge < -0.3 is 0 Å². The molecule has 0 atom stereocenters. The number of hydrogen-bond acceptors (Lipinski definition) is 5. The maximum absolute atomic E-state index is 9.72. The summed E-state index contributed by atoms with van der Waals surface area (Å²) in [5.41, 5.74) is 9.46. The first kappa shape index (κ1) is 28.3. The van der Waals surface area contributed by atoms with Crippen LogP contribution in [0.25, 0.3) is 82.5 Å². The summed E-state index contributed by atoms with van der Waals surface area (Å²) in [6, 6.07) is 46.9. The Hall–Kier alpha value is -7.20. The highest BCUT2D eigenvalue weighted by Gasteiger charge is 2.22. The predicted octanol–water partition coefficient (Wildman–Crippen LogP) is 10.3. The van der Waals surface area contributed by atoms with Crippen LogP contribution < -0.4 is 0 Å². The predicted molar refractivity (Wildman–Crippen MR) is 190 cm³/mol. The third-order valence-electron chi connectivity index (χ3n) is 8.48. The lowest BCUT2D eigenvalue weighted by molar-refractivity contribution is 1.30. The molecule has 0 bridgehead atoms. The summed E-state index contributed by atoms with van der Waals surface area (Å²) in [5, 5.41) is 21.8. The summed E-state index contributed by atoms with van der Waals surface area (Å²) in [6.45, 7) is 8.36. The van der Waals surface area contributed by atoms with Gasteiger partial charge in [0.1, 0.15) is 0 Å². The van der Waals surface area contributed by atoms with E-state index >= 15 is 0 Å². The summed E-state index contributed by atoms with van der Waals surface area (Å²) >= 11 is 0. The number of nitrogens with zero attached hydrogens (tertiary/aromatic N) is 6. The molecule has 0 radical (unpaired) electrons. The molecular weight excluding hydrogens is 589 g/mol. The number of benzene rings is 6. The molecule has 8 aromatic rings. The Morgan fingerprint density at radius 1 is 0.500 bits per heavy atom. The van der Waals surface area contributed by atoms with Crippen molar-refractivity contribution in [1.29, 1.82) is 10.5 Å². The van der Waals surface area contributed by atoms with E-state index in [4.69, 9.17) is 21.5 Å². The van der Waals surface area contributed by atoms with Crippen molar-refractivity contribution in [2.24, 2.45) is 0 Å². The fourth-order valence-electron chi connectivity index (χ4n) is 6.37. The summed E-state index contributed by atoms with van der Waals surface area (Å²) in [5.74, 6) is 0. The second kappa shape index (κ2) is 11.6. The SMILES string of the molecule is [C-]#[N+]c1cc2nc(-c3ccccc3)c(-c3ccccc3)nc2c2c1c(-c1ccccc1-c1cc(C#N)cc(C#N)c1)nc1ccccc12. The minimum atomic E-state index is 0.390. The first-order chi connectivity index (χ1) is 23.7. The Kier molecular flexibility index (Phi) is 6.85. The summed E-state index contributed by atoms with van der Waals surface area (Å²) < 4.78 is 0. The second-order valence-electron chi connectivity index (χ2n) is 11.3. The van der Waals surface area contributed by atoms with Crippen LogP contribution in [0.15, 0.2) is 133 Å². The second-order valence-corrected chi connectivity index (χ2v) is 11.3. The zero-order valence-corrected chi connectivity index (χ0v) is 25.4. The Bertz CT molecular complexity index is 2660. The minimum absolute atomic E-state index is 0.390. The molecule has 0 aliphatic carbocycles. The quantitative estimate of drug-likeness (QED) is 0.146. The number of nitriles is 2. The molecule has 2 heterocycles. The molecule has 8 rings (SSSR count). The van der Waals surface area contributed by atoms with Crippen LogP contribution in [0.3, 0.4) is 0 Å². The van der Waals surface area contributed by atoms with E-state index < -0.39 is 0 Å². The molecule has 0 aliphatic rings. The highest BCUT2D eigenvalue weighted by atomic mass is 14.8. The average Bonchev–Trinajstić information content (AvgIpc) is 3.17. The highest BCUT2D eigenvalue weighted by molar-refractivity contribution is 6.25. The Morgan fingerprint density at radius 3 is 1.71 bits per heavy atom. The maximum Gasteiger partial charge on any atom is 0.199 e. The van der Waals surface area contributed by atoms with Crippen LogP contribution in [0.2, 0.25) is 0 Å². The average molecular weight is 611 g/mol. The van der Waals surface area contributed by atoms with Gasteiger partial charge in [-0.2, -0.15) is 10.5 Å². The van der Waals surface area contributed by atoms with Crippen molar-refractivity contribution in [1.82, 2.24) is 15.0 Å². The largest absolute Gasteiger partial charge is 0.248 e. The molecule has 0 aliphatic heterocycles. The third-order valence-corrected chi connectivity index (χ3v) is 8.48. The van der Waals surface area contributed by atoms with E-state index in [0.29, 0.717) is 44.5 Å². The van der Waals surface area contributed by atoms with Crippen molar-refractivity contribution < 1.29 is 0 Å². The van der Waals surface area contributed by atoms with Crippen LogP contribution in [0.1, 0.15) is 11.1 Å². The van der Waals surface area contributed by atoms with Crippen LogP contribution in [0.5, 0.6) is 0 Å².